The minimum absolute atomic E-state index is 0.624. The van der Waals surface area contributed by atoms with Crippen molar-refractivity contribution in [3.8, 4) is 40.0 Å². The number of ether oxygens (including phenoxy) is 1. The number of nitriles is 1. The van der Waals surface area contributed by atoms with Crippen molar-refractivity contribution in [2.45, 2.75) is 39.0 Å². The number of nitrogens with zero attached hydrogens (tertiary/aromatic N) is 3. The first-order valence-electron chi connectivity index (χ1n) is 13.5. The lowest BCUT2D eigenvalue weighted by molar-refractivity contribution is 0.436. The van der Waals surface area contributed by atoms with Crippen molar-refractivity contribution in [1.82, 2.24) is 9.97 Å². The molecule has 4 nitrogen and oxygen atoms in total. The van der Waals surface area contributed by atoms with Gasteiger partial charge in [-0.2, -0.15) is 5.26 Å². The molecule has 5 aromatic rings. The fourth-order valence-electron chi connectivity index (χ4n) is 6.51. The van der Waals surface area contributed by atoms with Crippen LogP contribution in [0.5, 0.6) is 11.5 Å². The first-order chi connectivity index (χ1) is 19.1. The normalized spacial score (nSPS) is 13.6. The van der Waals surface area contributed by atoms with Crippen LogP contribution in [0.15, 0.2) is 84.9 Å². The van der Waals surface area contributed by atoms with E-state index in [1.807, 2.05) is 30.3 Å². The van der Waals surface area contributed by atoms with Gasteiger partial charge in [-0.25, -0.2) is 9.97 Å². The summed E-state index contributed by atoms with van der Waals surface area (Å²) >= 11 is 0. The molecule has 7 rings (SSSR count). The largest absolute Gasteiger partial charge is 0.457 e. The van der Waals surface area contributed by atoms with Gasteiger partial charge in [0.2, 0.25) is 0 Å². The predicted molar refractivity (Wildman–Crippen MR) is 153 cm³/mol. The molecule has 0 amide bonds. The van der Waals surface area contributed by atoms with E-state index in [1.165, 1.54) is 11.1 Å². The second kappa shape index (κ2) is 8.64. The van der Waals surface area contributed by atoms with Gasteiger partial charge in [-0.15, -0.1) is 0 Å². The molecular weight excluding hydrogens is 478 g/mol. The summed E-state index contributed by atoms with van der Waals surface area (Å²) in [5.74, 6) is 2.54. The summed E-state index contributed by atoms with van der Waals surface area (Å²) in [6.07, 6.45) is 1.65. The molecule has 1 spiro atoms. The van der Waals surface area contributed by atoms with Crippen molar-refractivity contribution in [1.29, 1.82) is 5.26 Å². The Hall–Kier alpha value is -4.75. The Morgan fingerprint density at radius 2 is 1.38 bits per heavy atom. The number of benzene rings is 4. The standard InChI is InChI=1S/C35H27N3O/c1-4-30-21(3)34(38-33(5-2)37-30)23-15-17-25-24-16-14-22(20-36)18-28(24)35(29(25)19-23)26-10-6-8-12-31(26)39-32-13-9-7-11-27(32)35/h6-19H,4-5H2,1-3H3. The van der Waals surface area contributed by atoms with Gasteiger partial charge in [0.05, 0.1) is 22.7 Å². The molecule has 1 aromatic heterocycles. The van der Waals surface area contributed by atoms with E-state index in [2.05, 4.69) is 81.4 Å². The van der Waals surface area contributed by atoms with E-state index < -0.39 is 5.41 Å². The Labute approximate surface area is 228 Å². The number of rotatable bonds is 3. The summed E-state index contributed by atoms with van der Waals surface area (Å²) in [6, 6.07) is 31.8. The van der Waals surface area contributed by atoms with Gasteiger partial charge in [-0.3, -0.25) is 0 Å². The van der Waals surface area contributed by atoms with Crippen LogP contribution in [0.2, 0.25) is 0 Å². The van der Waals surface area contributed by atoms with Crippen LogP contribution in [0.4, 0.5) is 0 Å². The van der Waals surface area contributed by atoms with Crippen molar-refractivity contribution < 1.29 is 4.74 Å². The van der Waals surface area contributed by atoms with Gasteiger partial charge >= 0.3 is 0 Å². The van der Waals surface area contributed by atoms with E-state index >= 15 is 0 Å². The van der Waals surface area contributed by atoms with Crippen LogP contribution in [-0.2, 0) is 18.3 Å². The summed E-state index contributed by atoms with van der Waals surface area (Å²) in [7, 11) is 0. The fraction of sp³-hybridized carbons (Fsp3) is 0.171. The smallest absolute Gasteiger partial charge is 0.132 e. The summed E-state index contributed by atoms with van der Waals surface area (Å²) in [5, 5.41) is 9.90. The topological polar surface area (TPSA) is 58.8 Å². The second-order valence-corrected chi connectivity index (χ2v) is 10.2. The van der Waals surface area contributed by atoms with Crippen molar-refractivity contribution in [3.05, 3.63) is 130 Å². The molecule has 188 valence electrons. The van der Waals surface area contributed by atoms with Crippen molar-refractivity contribution in [2.75, 3.05) is 0 Å². The Kier molecular flexibility index (Phi) is 5.18. The molecule has 39 heavy (non-hydrogen) atoms. The van der Waals surface area contributed by atoms with E-state index in [0.29, 0.717) is 5.56 Å². The number of aromatic nitrogens is 2. The Morgan fingerprint density at radius 1 is 0.744 bits per heavy atom. The third kappa shape index (κ3) is 3.17. The quantitative estimate of drug-likeness (QED) is 0.245. The lowest BCUT2D eigenvalue weighted by atomic mass is 9.65. The molecular formula is C35H27N3O. The van der Waals surface area contributed by atoms with Crippen molar-refractivity contribution in [3.63, 3.8) is 0 Å². The number of fused-ring (bicyclic) bond motifs is 9. The van der Waals surface area contributed by atoms with E-state index in [1.54, 1.807) is 0 Å². The maximum absolute atomic E-state index is 9.90. The first kappa shape index (κ1) is 23.4. The molecule has 0 bridgehead atoms. The first-order valence-corrected chi connectivity index (χ1v) is 13.5. The average molecular weight is 506 g/mol. The molecule has 2 aliphatic rings. The highest BCUT2D eigenvalue weighted by atomic mass is 16.5. The Balaban J connectivity index is 1.61. The highest BCUT2D eigenvalue weighted by Crippen LogP contribution is 2.62. The zero-order valence-electron chi connectivity index (χ0n) is 22.2. The van der Waals surface area contributed by atoms with Crippen LogP contribution in [0, 0.1) is 18.3 Å². The molecule has 0 fully saturated rings. The van der Waals surface area contributed by atoms with Crippen LogP contribution in [0.25, 0.3) is 22.4 Å². The number of hydrogen-bond donors (Lipinski definition) is 0. The molecule has 4 heteroatoms. The van der Waals surface area contributed by atoms with Gasteiger partial charge < -0.3 is 4.74 Å². The SMILES string of the molecule is CCc1nc(CC)c(C)c(-c2ccc3c(c2)C2(c4ccccc4Oc4ccccc42)c2cc(C#N)ccc2-3)n1. The van der Waals surface area contributed by atoms with Gasteiger partial charge in [0.25, 0.3) is 0 Å². The van der Waals surface area contributed by atoms with E-state index in [9.17, 15) is 5.26 Å². The lowest BCUT2D eigenvalue weighted by Gasteiger charge is -2.39. The van der Waals surface area contributed by atoms with Crippen molar-refractivity contribution in [2.24, 2.45) is 0 Å². The molecule has 0 N–H and O–H groups in total. The molecule has 0 saturated heterocycles. The van der Waals surface area contributed by atoms with Crippen LogP contribution in [0.1, 0.15) is 58.7 Å². The zero-order chi connectivity index (χ0) is 26.7. The monoisotopic (exact) mass is 505 g/mol. The molecule has 2 heterocycles. The number of hydrogen-bond acceptors (Lipinski definition) is 4. The van der Waals surface area contributed by atoms with Crippen LogP contribution < -0.4 is 4.74 Å². The number of aryl methyl sites for hydroxylation is 2. The molecule has 1 aliphatic heterocycles. The van der Waals surface area contributed by atoms with Crippen molar-refractivity contribution >= 4 is 0 Å². The van der Waals surface area contributed by atoms with E-state index in [4.69, 9.17) is 14.7 Å². The predicted octanol–water partition coefficient (Wildman–Crippen LogP) is 7.92. The maximum atomic E-state index is 9.90. The molecule has 0 unspecified atom stereocenters. The van der Waals surface area contributed by atoms with Crippen LogP contribution in [-0.4, -0.2) is 9.97 Å². The highest BCUT2D eigenvalue weighted by molar-refractivity contribution is 5.90. The molecule has 0 atom stereocenters. The number of para-hydroxylation sites is 2. The third-order valence-electron chi connectivity index (χ3n) is 8.29. The second-order valence-electron chi connectivity index (χ2n) is 10.2. The average Bonchev–Trinajstić information content (AvgIpc) is 3.27. The van der Waals surface area contributed by atoms with Crippen LogP contribution in [0.3, 0.4) is 0 Å². The Morgan fingerprint density at radius 3 is 2.03 bits per heavy atom. The van der Waals surface area contributed by atoms with Gasteiger partial charge in [0, 0.05) is 28.8 Å². The summed E-state index contributed by atoms with van der Waals surface area (Å²) in [4.78, 5) is 9.82. The van der Waals surface area contributed by atoms with E-state index in [0.717, 1.165) is 74.9 Å². The zero-order valence-corrected chi connectivity index (χ0v) is 22.2. The van der Waals surface area contributed by atoms with Gasteiger partial charge in [0.15, 0.2) is 0 Å². The van der Waals surface area contributed by atoms with Crippen LogP contribution >= 0.6 is 0 Å². The van der Waals surface area contributed by atoms with Gasteiger partial charge in [-0.1, -0.05) is 68.4 Å². The minimum Gasteiger partial charge on any atom is -0.457 e. The molecule has 0 saturated carbocycles. The minimum atomic E-state index is -0.624. The van der Waals surface area contributed by atoms with E-state index in [-0.39, 0.29) is 0 Å². The Bertz CT molecular complexity index is 1800. The molecule has 0 radical (unpaired) electrons. The summed E-state index contributed by atoms with van der Waals surface area (Å²) in [6.45, 7) is 6.38. The fourth-order valence-corrected chi connectivity index (χ4v) is 6.51. The van der Waals surface area contributed by atoms with Gasteiger partial charge in [0.1, 0.15) is 17.3 Å². The summed E-state index contributed by atoms with van der Waals surface area (Å²) in [5.41, 5.74) is 11.1. The summed E-state index contributed by atoms with van der Waals surface area (Å²) < 4.78 is 6.46. The van der Waals surface area contributed by atoms with Gasteiger partial charge in [-0.05, 0) is 71.5 Å². The maximum Gasteiger partial charge on any atom is 0.132 e. The third-order valence-corrected chi connectivity index (χ3v) is 8.29. The highest BCUT2D eigenvalue weighted by Gasteiger charge is 2.51. The molecule has 4 aromatic carbocycles. The molecule has 1 aliphatic carbocycles. The lowest BCUT2D eigenvalue weighted by Crippen LogP contribution is -2.32.